The van der Waals surface area contributed by atoms with Gasteiger partial charge in [-0.1, -0.05) is 128 Å². The predicted octanol–water partition coefficient (Wildman–Crippen LogP) is 13.4. The summed E-state index contributed by atoms with van der Waals surface area (Å²) < 4.78 is 1.93. The third-order valence-electron chi connectivity index (χ3n) is 9.39. The lowest BCUT2D eigenvalue weighted by Gasteiger charge is -2.19. The molecule has 0 saturated carbocycles. The molecule has 0 bridgehead atoms. The van der Waals surface area contributed by atoms with Gasteiger partial charge in [-0.25, -0.2) is 0 Å². The van der Waals surface area contributed by atoms with Crippen LogP contribution in [0.3, 0.4) is 0 Å². The van der Waals surface area contributed by atoms with Crippen LogP contribution in [0.25, 0.3) is 67.3 Å². The molecule has 0 spiro atoms. The molecule has 4 nitrogen and oxygen atoms in total. The number of pyridine rings is 4. The minimum atomic E-state index is 0.0425. The van der Waals surface area contributed by atoms with E-state index in [2.05, 4.69) is 180 Å². The fourth-order valence-corrected chi connectivity index (χ4v) is 7.54. The molecule has 4 aromatic heterocycles. The van der Waals surface area contributed by atoms with Crippen LogP contribution in [0.1, 0.15) is 52.7 Å². The van der Waals surface area contributed by atoms with Gasteiger partial charge in [0.2, 0.25) is 0 Å². The van der Waals surface area contributed by atoms with E-state index < -0.39 is 0 Å². The van der Waals surface area contributed by atoms with E-state index in [0.717, 1.165) is 76.2 Å². The Balaban J connectivity index is 1.23. The maximum Gasteiger partial charge on any atom is 0.0791 e. The molecule has 0 aliphatic rings. The van der Waals surface area contributed by atoms with E-state index in [0.29, 0.717) is 0 Å². The van der Waals surface area contributed by atoms with Gasteiger partial charge in [-0.05, 0) is 87.7 Å². The minimum Gasteiger partial charge on any atom is -0.256 e. The fraction of sp³-hybridized carbons (Fsp3) is 0.174. The molecular weight excluding hydrogens is 768 g/mol. The van der Waals surface area contributed by atoms with Crippen LogP contribution in [0.15, 0.2) is 143 Å². The van der Waals surface area contributed by atoms with Crippen molar-refractivity contribution in [2.75, 3.05) is 0 Å². The van der Waals surface area contributed by atoms with Crippen molar-refractivity contribution < 1.29 is 0 Å². The van der Waals surface area contributed by atoms with Crippen molar-refractivity contribution in [3.63, 3.8) is 0 Å². The van der Waals surface area contributed by atoms with Crippen molar-refractivity contribution >= 4 is 31.9 Å². The van der Waals surface area contributed by atoms with Crippen molar-refractivity contribution in [3.8, 4) is 67.3 Å². The molecule has 258 valence electrons. The average Bonchev–Trinajstić information content (AvgIpc) is 3.14. The molecule has 0 radical (unpaired) electrons. The average molecular weight is 809 g/mol. The lowest BCUT2D eigenvalue weighted by molar-refractivity contribution is 0.589. The molecule has 6 heteroatoms. The highest BCUT2D eigenvalue weighted by atomic mass is 79.9. The van der Waals surface area contributed by atoms with Crippen molar-refractivity contribution in [2.24, 2.45) is 0 Å². The molecule has 0 fully saturated rings. The Morgan fingerprint density at radius 1 is 0.385 bits per heavy atom. The molecule has 0 saturated heterocycles. The molecule has 7 aromatic rings. The number of nitrogens with zero attached hydrogens (tertiary/aromatic N) is 4. The van der Waals surface area contributed by atoms with Crippen molar-refractivity contribution in [1.82, 2.24) is 19.9 Å². The van der Waals surface area contributed by atoms with E-state index in [1.165, 1.54) is 11.1 Å². The fourth-order valence-electron chi connectivity index (χ4n) is 6.40. The van der Waals surface area contributed by atoms with Gasteiger partial charge in [0, 0.05) is 67.1 Å². The van der Waals surface area contributed by atoms with Gasteiger partial charge >= 0.3 is 0 Å². The van der Waals surface area contributed by atoms with E-state index in [9.17, 15) is 0 Å². The van der Waals surface area contributed by atoms with E-state index in [4.69, 9.17) is 9.97 Å². The van der Waals surface area contributed by atoms with Crippen LogP contribution in [0, 0.1) is 0 Å². The van der Waals surface area contributed by atoms with Gasteiger partial charge in [0.05, 0.1) is 22.8 Å². The lowest BCUT2D eigenvalue weighted by Crippen LogP contribution is -2.11. The number of halogens is 2. The lowest BCUT2D eigenvalue weighted by atomic mass is 9.87. The molecule has 0 aliphatic heterocycles. The Labute approximate surface area is 323 Å². The Kier molecular flexibility index (Phi) is 9.81. The first-order chi connectivity index (χ1) is 24.9. The second kappa shape index (κ2) is 14.3. The van der Waals surface area contributed by atoms with E-state index in [1.807, 2.05) is 36.9 Å². The minimum absolute atomic E-state index is 0.0425. The number of benzene rings is 3. The van der Waals surface area contributed by atoms with Crippen LogP contribution in [0.5, 0.6) is 0 Å². The van der Waals surface area contributed by atoms with Gasteiger partial charge in [0.15, 0.2) is 0 Å². The van der Waals surface area contributed by atoms with Crippen LogP contribution in [0.4, 0.5) is 0 Å². The van der Waals surface area contributed by atoms with Gasteiger partial charge in [0.25, 0.3) is 0 Å². The topological polar surface area (TPSA) is 51.6 Å². The number of aromatic nitrogens is 4. The second-order valence-electron chi connectivity index (χ2n) is 15.1. The van der Waals surface area contributed by atoms with Gasteiger partial charge < -0.3 is 0 Å². The SMILES string of the molecule is CC(C)(C)c1ccnc(-c2ccc(-c3ncccc3-c3cccc(-c4cccnc4-c4ccc(-c5cc(C(C)(C)C)ccn5)cc4Br)c3)c(Br)c2)c1. The maximum atomic E-state index is 4.90. The molecular formula is C46H40Br2N4. The molecule has 7 rings (SSSR count). The zero-order chi connectivity index (χ0) is 36.6. The van der Waals surface area contributed by atoms with Crippen molar-refractivity contribution in [3.05, 3.63) is 154 Å². The Morgan fingerprint density at radius 3 is 1.23 bits per heavy atom. The maximum absolute atomic E-state index is 4.90. The summed E-state index contributed by atoms with van der Waals surface area (Å²) in [4.78, 5) is 19.2. The zero-order valence-corrected chi connectivity index (χ0v) is 33.4. The highest BCUT2D eigenvalue weighted by Gasteiger charge is 2.19. The molecule has 3 aromatic carbocycles. The van der Waals surface area contributed by atoms with E-state index in [1.54, 1.807) is 0 Å². The van der Waals surface area contributed by atoms with Gasteiger partial charge in [-0.2, -0.15) is 0 Å². The molecule has 52 heavy (non-hydrogen) atoms. The van der Waals surface area contributed by atoms with Gasteiger partial charge in [-0.15, -0.1) is 0 Å². The van der Waals surface area contributed by atoms with E-state index >= 15 is 0 Å². The zero-order valence-electron chi connectivity index (χ0n) is 30.2. The molecule has 0 unspecified atom stereocenters. The summed E-state index contributed by atoms with van der Waals surface area (Å²) in [5.41, 5.74) is 14.7. The largest absolute Gasteiger partial charge is 0.256 e. The van der Waals surface area contributed by atoms with Crippen LogP contribution < -0.4 is 0 Å². The standard InChI is InChI=1S/C46H40Br2N4/c1-45(2,3)33-18-22-49-41(27-33)31-14-16-37(39(47)25-31)43-35(12-8-20-51-43)29-10-7-11-30(24-29)36-13-9-21-52-44(36)38-17-15-32(26-40(38)48)42-28-34(19-23-50-42)46(4,5)6/h7-28H,1-6H3. The molecule has 0 atom stereocenters. The summed E-state index contributed by atoms with van der Waals surface area (Å²) in [6.07, 6.45) is 7.50. The number of hydrogen-bond acceptors (Lipinski definition) is 4. The smallest absolute Gasteiger partial charge is 0.0791 e. The number of hydrogen-bond donors (Lipinski definition) is 0. The third kappa shape index (κ3) is 7.41. The van der Waals surface area contributed by atoms with Crippen molar-refractivity contribution in [2.45, 2.75) is 52.4 Å². The summed E-state index contributed by atoms with van der Waals surface area (Å²) in [6.45, 7) is 13.3. The Morgan fingerprint density at radius 2 is 0.827 bits per heavy atom. The van der Waals surface area contributed by atoms with E-state index in [-0.39, 0.29) is 10.8 Å². The summed E-state index contributed by atoms with van der Waals surface area (Å²) in [5, 5.41) is 0. The molecule has 4 heterocycles. The second-order valence-corrected chi connectivity index (χ2v) is 16.8. The Hall–Kier alpha value is -4.78. The highest BCUT2D eigenvalue weighted by molar-refractivity contribution is 9.11. The quantitative estimate of drug-likeness (QED) is 0.168. The van der Waals surface area contributed by atoms with Crippen LogP contribution in [0.2, 0.25) is 0 Å². The first kappa shape index (κ1) is 35.6. The van der Waals surface area contributed by atoms with Crippen LogP contribution in [-0.2, 0) is 10.8 Å². The highest BCUT2D eigenvalue weighted by Crippen LogP contribution is 2.41. The first-order valence-corrected chi connectivity index (χ1v) is 19.0. The summed E-state index contributed by atoms with van der Waals surface area (Å²) in [7, 11) is 0. The first-order valence-electron chi connectivity index (χ1n) is 17.4. The van der Waals surface area contributed by atoms with Gasteiger partial charge in [0.1, 0.15) is 0 Å². The summed E-state index contributed by atoms with van der Waals surface area (Å²) in [6, 6.07) is 38.3. The van der Waals surface area contributed by atoms with Crippen LogP contribution >= 0.6 is 31.9 Å². The van der Waals surface area contributed by atoms with Crippen molar-refractivity contribution in [1.29, 1.82) is 0 Å². The summed E-state index contributed by atoms with van der Waals surface area (Å²) in [5.74, 6) is 0. The number of rotatable bonds is 6. The van der Waals surface area contributed by atoms with Crippen LogP contribution in [-0.4, -0.2) is 19.9 Å². The monoisotopic (exact) mass is 806 g/mol. The normalized spacial score (nSPS) is 11.8. The van der Waals surface area contributed by atoms with Gasteiger partial charge in [-0.3, -0.25) is 19.9 Å². The third-order valence-corrected chi connectivity index (χ3v) is 10.7. The Bertz CT molecular complexity index is 2250. The summed E-state index contributed by atoms with van der Waals surface area (Å²) >= 11 is 7.77. The molecule has 0 aliphatic carbocycles. The predicted molar refractivity (Wildman–Crippen MR) is 223 cm³/mol. The molecule has 0 amide bonds. The molecule has 0 N–H and O–H groups in total.